The number of amides is 2. The van der Waals surface area contributed by atoms with Gasteiger partial charge in [-0.3, -0.25) is 14.8 Å². The zero-order valence-electron chi connectivity index (χ0n) is 23.2. The number of rotatable bonds is 7. The molecule has 228 valence electrons. The molecule has 2 amide bonds. The molecule has 0 radical (unpaired) electrons. The van der Waals surface area contributed by atoms with Crippen LogP contribution in [0.4, 0.5) is 14.9 Å². The number of urea groups is 1. The molecule has 2 atom stereocenters. The van der Waals surface area contributed by atoms with Gasteiger partial charge in [-0.25, -0.2) is 23.8 Å². The van der Waals surface area contributed by atoms with Crippen molar-refractivity contribution in [1.29, 1.82) is 0 Å². The van der Waals surface area contributed by atoms with Gasteiger partial charge in [0.15, 0.2) is 10.8 Å². The third-order valence-electron chi connectivity index (χ3n) is 7.73. The van der Waals surface area contributed by atoms with E-state index in [4.69, 9.17) is 32.9 Å². The van der Waals surface area contributed by atoms with Gasteiger partial charge in [-0.2, -0.15) is 0 Å². The number of ether oxygens (including phenoxy) is 1. The van der Waals surface area contributed by atoms with Crippen molar-refractivity contribution in [3.63, 3.8) is 0 Å². The number of hydrogen-bond acceptors (Lipinski definition) is 9. The molecule has 3 aromatic rings. The van der Waals surface area contributed by atoms with Crippen LogP contribution in [0.2, 0.25) is 10.0 Å². The van der Waals surface area contributed by atoms with Crippen molar-refractivity contribution < 1.29 is 28.6 Å². The van der Waals surface area contributed by atoms with Gasteiger partial charge >= 0.3 is 18.0 Å². The SMILES string of the molecule is COC(=O)C1=C(CN2CCN3C(=O)N(c4ccc(C(=O)O)cc4Cl)C[C@@H]3C2)NC(c2nccs2)=N[C@H]1c1ccc(F)cc1Cl. The topological polar surface area (TPSA) is 128 Å². The average Bonchev–Trinajstić information content (AvgIpc) is 3.65. The summed E-state index contributed by atoms with van der Waals surface area (Å²) >= 11 is 14.2. The Morgan fingerprint density at radius 1 is 1.16 bits per heavy atom. The molecule has 0 unspecified atom stereocenters. The van der Waals surface area contributed by atoms with Gasteiger partial charge in [0.2, 0.25) is 0 Å². The summed E-state index contributed by atoms with van der Waals surface area (Å²) in [5.41, 5.74) is 1.68. The third-order valence-corrected chi connectivity index (χ3v) is 9.14. The van der Waals surface area contributed by atoms with Crippen LogP contribution in [0.1, 0.15) is 27.0 Å². The number of thiazole rings is 1. The van der Waals surface area contributed by atoms with Gasteiger partial charge in [-0.15, -0.1) is 11.3 Å². The Hall–Kier alpha value is -4.04. The van der Waals surface area contributed by atoms with Gasteiger partial charge in [0.05, 0.1) is 35.0 Å². The number of benzene rings is 2. The van der Waals surface area contributed by atoms with Crippen molar-refractivity contribution >= 4 is 64.0 Å². The molecule has 3 aliphatic heterocycles. The number of carbonyl (C=O) groups is 3. The number of carboxylic acid groups (broad SMARTS) is 1. The van der Waals surface area contributed by atoms with Crippen LogP contribution in [-0.4, -0.2) is 89.6 Å². The molecule has 2 saturated heterocycles. The highest BCUT2D eigenvalue weighted by Crippen LogP contribution is 2.37. The summed E-state index contributed by atoms with van der Waals surface area (Å²) in [7, 11) is 1.28. The molecule has 4 heterocycles. The van der Waals surface area contributed by atoms with Gasteiger partial charge in [-0.1, -0.05) is 29.3 Å². The van der Waals surface area contributed by atoms with Crippen LogP contribution in [0.25, 0.3) is 0 Å². The minimum absolute atomic E-state index is 0.0323. The molecule has 0 bridgehead atoms. The third kappa shape index (κ3) is 5.63. The van der Waals surface area contributed by atoms with E-state index in [-0.39, 0.29) is 39.8 Å². The summed E-state index contributed by atoms with van der Waals surface area (Å²) in [4.78, 5) is 52.5. The summed E-state index contributed by atoms with van der Waals surface area (Å²) in [6.07, 6.45) is 1.65. The van der Waals surface area contributed by atoms with Crippen LogP contribution < -0.4 is 10.2 Å². The molecule has 0 aliphatic carbocycles. The van der Waals surface area contributed by atoms with E-state index in [1.807, 2.05) is 5.38 Å². The fraction of sp³-hybridized carbons (Fsp3) is 0.276. The van der Waals surface area contributed by atoms with Gasteiger partial charge in [-0.05, 0) is 30.3 Å². The van der Waals surface area contributed by atoms with Gasteiger partial charge in [0, 0.05) is 60.6 Å². The van der Waals surface area contributed by atoms with Crippen molar-refractivity contribution in [3.8, 4) is 0 Å². The van der Waals surface area contributed by atoms with Crippen LogP contribution in [0, 0.1) is 5.82 Å². The number of amidine groups is 1. The molecule has 2 fully saturated rings. The number of carbonyl (C=O) groups excluding carboxylic acids is 2. The van der Waals surface area contributed by atoms with Crippen molar-refractivity contribution in [1.82, 2.24) is 20.1 Å². The zero-order valence-corrected chi connectivity index (χ0v) is 25.5. The second-order valence-corrected chi connectivity index (χ2v) is 12.0. The maximum Gasteiger partial charge on any atom is 0.338 e. The number of aromatic carboxylic acids is 1. The lowest BCUT2D eigenvalue weighted by Gasteiger charge is -2.38. The molecule has 2 aromatic carbocycles. The lowest BCUT2D eigenvalue weighted by atomic mass is 9.95. The number of fused-ring (bicyclic) bond motifs is 1. The van der Waals surface area contributed by atoms with Gasteiger partial charge < -0.3 is 20.1 Å². The molecule has 2 N–H and O–H groups in total. The molecule has 0 saturated carbocycles. The number of hydrogen-bond donors (Lipinski definition) is 2. The van der Waals surface area contributed by atoms with Crippen molar-refractivity contribution in [2.45, 2.75) is 12.1 Å². The number of anilines is 1. The summed E-state index contributed by atoms with van der Waals surface area (Å²) < 4.78 is 19.1. The van der Waals surface area contributed by atoms with E-state index in [0.29, 0.717) is 54.0 Å². The number of aromatic nitrogens is 1. The Kier molecular flexibility index (Phi) is 8.29. The number of halogens is 3. The number of aliphatic imine (C=N–C) groups is 1. The van der Waals surface area contributed by atoms with Crippen LogP contribution in [0.3, 0.4) is 0 Å². The zero-order chi connectivity index (χ0) is 31.1. The standard InChI is InChI=1S/C29H25Cl2FN6O5S/c1-43-28(41)23-21(34-25(26-33-6-9-44-26)35-24(23)18-4-3-16(32)11-19(18)30)14-36-7-8-37-17(12-36)13-38(29(37)42)22-5-2-15(27(39)40)10-20(22)31/h2-6,9-11,17,24H,7-8,12-14H2,1H3,(H,34,35)(H,39,40)/t17-,24-/m0/s1. The first kappa shape index (κ1) is 30.0. The van der Waals surface area contributed by atoms with Gasteiger partial charge in [0.25, 0.3) is 0 Å². The lowest BCUT2D eigenvalue weighted by molar-refractivity contribution is -0.136. The predicted octanol–water partition coefficient (Wildman–Crippen LogP) is 4.43. The average molecular weight is 660 g/mol. The van der Waals surface area contributed by atoms with E-state index in [0.717, 1.165) is 0 Å². The molecule has 0 spiro atoms. The van der Waals surface area contributed by atoms with Crippen LogP contribution in [0.15, 0.2) is 64.2 Å². The Morgan fingerprint density at radius 3 is 2.66 bits per heavy atom. The molecule has 6 rings (SSSR count). The predicted molar refractivity (Wildman–Crippen MR) is 163 cm³/mol. The quantitative estimate of drug-likeness (QED) is 0.357. The number of piperazine rings is 1. The van der Waals surface area contributed by atoms with Gasteiger partial charge in [0.1, 0.15) is 11.9 Å². The highest BCUT2D eigenvalue weighted by molar-refractivity contribution is 7.11. The van der Waals surface area contributed by atoms with Crippen molar-refractivity contribution in [2.24, 2.45) is 4.99 Å². The molecular formula is C29H25Cl2FN6O5S. The molecule has 1 aromatic heterocycles. The first-order valence-corrected chi connectivity index (χ1v) is 15.1. The maximum absolute atomic E-state index is 14.0. The Bertz CT molecular complexity index is 1720. The summed E-state index contributed by atoms with van der Waals surface area (Å²) in [6.45, 7) is 2.05. The largest absolute Gasteiger partial charge is 0.478 e. The molecule has 3 aliphatic rings. The summed E-state index contributed by atoms with van der Waals surface area (Å²) in [5, 5.41) is 15.3. The molecule has 11 nitrogen and oxygen atoms in total. The Labute approximate surface area is 265 Å². The Balaban J connectivity index is 1.29. The maximum atomic E-state index is 14.0. The van der Waals surface area contributed by atoms with E-state index in [1.165, 1.54) is 48.8 Å². The summed E-state index contributed by atoms with van der Waals surface area (Å²) in [6, 6.07) is 6.95. The molecule has 15 heteroatoms. The number of carboxylic acids is 1. The number of nitrogens with zero attached hydrogens (tertiary/aromatic N) is 5. The molecular weight excluding hydrogens is 634 g/mol. The number of methoxy groups -OCH3 is 1. The fourth-order valence-corrected chi connectivity index (χ4v) is 6.81. The lowest BCUT2D eigenvalue weighted by Crippen LogP contribution is -2.53. The van der Waals surface area contributed by atoms with Crippen molar-refractivity contribution in [3.05, 3.63) is 91.2 Å². The number of esters is 1. The van der Waals surface area contributed by atoms with Crippen molar-refractivity contribution in [2.75, 3.05) is 44.7 Å². The highest BCUT2D eigenvalue weighted by atomic mass is 35.5. The minimum Gasteiger partial charge on any atom is -0.478 e. The second-order valence-electron chi connectivity index (χ2n) is 10.3. The van der Waals surface area contributed by atoms with E-state index >= 15 is 0 Å². The van der Waals surface area contributed by atoms with E-state index in [9.17, 15) is 23.9 Å². The van der Waals surface area contributed by atoms with Crippen LogP contribution in [-0.2, 0) is 9.53 Å². The summed E-state index contributed by atoms with van der Waals surface area (Å²) in [5.74, 6) is -1.80. The Morgan fingerprint density at radius 2 is 1.98 bits per heavy atom. The fourth-order valence-electron chi connectivity index (χ4n) is 5.67. The second kappa shape index (κ2) is 12.2. The van der Waals surface area contributed by atoms with Crippen LogP contribution >= 0.6 is 34.5 Å². The normalized spacial score (nSPS) is 20.4. The minimum atomic E-state index is -1.11. The van der Waals surface area contributed by atoms with E-state index < -0.39 is 23.8 Å². The van der Waals surface area contributed by atoms with Crippen LogP contribution in [0.5, 0.6) is 0 Å². The van der Waals surface area contributed by atoms with E-state index in [1.54, 1.807) is 22.1 Å². The monoisotopic (exact) mass is 658 g/mol. The first-order valence-electron chi connectivity index (χ1n) is 13.5. The number of nitrogens with one attached hydrogen (secondary N) is 1. The smallest absolute Gasteiger partial charge is 0.338 e. The highest BCUT2D eigenvalue weighted by Gasteiger charge is 2.43. The molecule has 44 heavy (non-hydrogen) atoms. The van der Waals surface area contributed by atoms with E-state index in [2.05, 4.69) is 15.2 Å². The first-order chi connectivity index (χ1) is 21.1.